The Balaban J connectivity index is 1.43. The fourth-order valence-electron chi connectivity index (χ4n) is 4.54. The van der Waals surface area contributed by atoms with Crippen molar-refractivity contribution in [3.63, 3.8) is 0 Å². The number of likely N-dealkylation sites (N-methyl/N-ethyl adjacent to an activating group) is 1. The van der Waals surface area contributed by atoms with E-state index >= 15 is 0 Å². The molecule has 2 aliphatic rings. The van der Waals surface area contributed by atoms with E-state index in [0.717, 1.165) is 19.4 Å². The zero-order valence-corrected chi connectivity index (χ0v) is 15.5. The molecule has 0 aliphatic carbocycles. The number of carbonyl (C=O) groups excluding carboxylic acids is 1. The topological polar surface area (TPSA) is 62.5 Å². The second kappa shape index (κ2) is 7.19. The summed E-state index contributed by atoms with van der Waals surface area (Å²) in [6.07, 6.45) is 3.85. The molecule has 2 saturated heterocycles. The lowest BCUT2D eigenvalue weighted by Gasteiger charge is -2.25. The lowest BCUT2D eigenvalue weighted by atomic mass is 9.93. The minimum atomic E-state index is 0.0831. The Morgan fingerprint density at radius 1 is 1.35 bits per heavy atom. The molecule has 6 heteroatoms. The Hall–Kier alpha value is -2.21. The molecule has 2 fully saturated rings. The summed E-state index contributed by atoms with van der Waals surface area (Å²) in [5, 5.41) is 3.92. The van der Waals surface area contributed by atoms with Crippen LogP contribution < -0.4 is 0 Å². The van der Waals surface area contributed by atoms with Crippen molar-refractivity contribution in [2.75, 3.05) is 20.1 Å². The van der Waals surface area contributed by atoms with Crippen LogP contribution in [0, 0.1) is 12.8 Å². The molecule has 4 rings (SSSR count). The minimum Gasteiger partial charge on any atom is -0.345 e. The van der Waals surface area contributed by atoms with Gasteiger partial charge in [-0.3, -0.25) is 9.69 Å². The summed E-state index contributed by atoms with van der Waals surface area (Å²) < 4.78 is 5.01. The Morgan fingerprint density at radius 2 is 2.15 bits per heavy atom. The summed E-state index contributed by atoms with van der Waals surface area (Å²) >= 11 is 0. The highest BCUT2D eigenvalue weighted by molar-refractivity contribution is 5.80. The molecule has 3 heterocycles. The Bertz CT molecular complexity index is 760. The van der Waals surface area contributed by atoms with Crippen LogP contribution in [-0.4, -0.2) is 52.0 Å². The quantitative estimate of drug-likeness (QED) is 0.826. The SMILES string of the molecule is Cc1nc(CCN(C)C(=O)[C@H]2C[C@@H](c3ccccc3)N3CCC[C@H]23)no1. The summed E-state index contributed by atoms with van der Waals surface area (Å²) in [4.78, 5) is 21.7. The molecular weight excluding hydrogens is 328 g/mol. The van der Waals surface area contributed by atoms with Crippen LogP contribution >= 0.6 is 0 Å². The molecule has 26 heavy (non-hydrogen) atoms. The van der Waals surface area contributed by atoms with Crippen LogP contribution in [0.5, 0.6) is 0 Å². The number of hydrogen-bond acceptors (Lipinski definition) is 5. The van der Waals surface area contributed by atoms with Crippen molar-refractivity contribution < 1.29 is 9.32 Å². The molecule has 3 atom stereocenters. The van der Waals surface area contributed by atoms with Crippen LogP contribution in [0.4, 0.5) is 0 Å². The lowest BCUT2D eigenvalue weighted by Crippen LogP contribution is -2.39. The Labute approximate surface area is 154 Å². The number of aromatic nitrogens is 2. The predicted molar refractivity (Wildman–Crippen MR) is 97.4 cm³/mol. The van der Waals surface area contributed by atoms with Gasteiger partial charge in [0.25, 0.3) is 0 Å². The first-order valence-electron chi connectivity index (χ1n) is 9.48. The van der Waals surface area contributed by atoms with Gasteiger partial charge < -0.3 is 9.42 Å². The van der Waals surface area contributed by atoms with E-state index in [-0.39, 0.29) is 11.8 Å². The van der Waals surface area contributed by atoms with Crippen molar-refractivity contribution in [1.29, 1.82) is 0 Å². The van der Waals surface area contributed by atoms with E-state index in [1.807, 2.05) is 11.9 Å². The predicted octanol–water partition coefficient (Wildman–Crippen LogP) is 2.60. The van der Waals surface area contributed by atoms with Crippen LogP contribution in [-0.2, 0) is 11.2 Å². The number of rotatable bonds is 5. The molecule has 1 aromatic carbocycles. The smallest absolute Gasteiger partial charge is 0.227 e. The highest BCUT2D eigenvalue weighted by Crippen LogP contribution is 2.45. The van der Waals surface area contributed by atoms with Crippen molar-refractivity contribution in [1.82, 2.24) is 19.9 Å². The number of carbonyl (C=O) groups is 1. The summed E-state index contributed by atoms with van der Waals surface area (Å²) in [6.45, 7) is 3.50. The summed E-state index contributed by atoms with van der Waals surface area (Å²) in [6, 6.07) is 11.4. The lowest BCUT2D eigenvalue weighted by molar-refractivity contribution is -0.134. The molecule has 0 radical (unpaired) electrons. The maximum atomic E-state index is 13.1. The van der Waals surface area contributed by atoms with Crippen LogP contribution in [0.15, 0.2) is 34.9 Å². The first kappa shape index (κ1) is 17.2. The van der Waals surface area contributed by atoms with Crippen molar-refractivity contribution in [3.8, 4) is 0 Å². The van der Waals surface area contributed by atoms with Gasteiger partial charge in [0.2, 0.25) is 11.8 Å². The number of benzene rings is 1. The zero-order valence-electron chi connectivity index (χ0n) is 15.5. The standard InChI is InChI=1S/C20H26N4O2/c1-14-21-19(22-26-14)10-12-23(2)20(25)16-13-18(15-7-4-3-5-8-15)24-11-6-9-17(16)24/h3-5,7-8,16-18H,6,9-13H2,1-2H3/t16-,17+,18-/m0/s1. The van der Waals surface area contributed by atoms with Gasteiger partial charge in [0.05, 0.1) is 5.92 Å². The maximum absolute atomic E-state index is 13.1. The molecule has 0 spiro atoms. The van der Waals surface area contributed by atoms with E-state index in [9.17, 15) is 4.79 Å². The maximum Gasteiger partial charge on any atom is 0.227 e. The number of amides is 1. The highest BCUT2D eigenvalue weighted by atomic mass is 16.5. The molecule has 1 aromatic heterocycles. The molecule has 2 aromatic rings. The van der Waals surface area contributed by atoms with Gasteiger partial charge in [0, 0.05) is 39.0 Å². The fraction of sp³-hybridized carbons (Fsp3) is 0.550. The number of hydrogen-bond donors (Lipinski definition) is 0. The van der Waals surface area contributed by atoms with E-state index < -0.39 is 0 Å². The molecular formula is C20H26N4O2. The molecule has 0 N–H and O–H groups in total. The second-order valence-electron chi connectivity index (χ2n) is 7.46. The van der Waals surface area contributed by atoms with E-state index in [4.69, 9.17) is 4.52 Å². The number of nitrogens with zero attached hydrogens (tertiary/aromatic N) is 4. The molecule has 1 amide bonds. The van der Waals surface area contributed by atoms with Crippen molar-refractivity contribution >= 4 is 5.91 Å². The van der Waals surface area contributed by atoms with Gasteiger partial charge in [-0.05, 0) is 31.4 Å². The van der Waals surface area contributed by atoms with Crippen LogP contribution in [0.1, 0.15) is 42.6 Å². The first-order chi connectivity index (χ1) is 12.6. The third-order valence-electron chi connectivity index (χ3n) is 5.80. The van der Waals surface area contributed by atoms with Crippen LogP contribution in [0.3, 0.4) is 0 Å². The Kier molecular flexibility index (Phi) is 4.76. The Morgan fingerprint density at radius 3 is 2.88 bits per heavy atom. The first-order valence-corrected chi connectivity index (χ1v) is 9.48. The minimum absolute atomic E-state index is 0.0831. The average Bonchev–Trinajstić information content (AvgIpc) is 3.36. The van der Waals surface area contributed by atoms with Crippen molar-refractivity contribution in [2.24, 2.45) is 5.92 Å². The number of aryl methyl sites for hydroxylation is 1. The highest BCUT2D eigenvalue weighted by Gasteiger charge is 2.47. The monoisotopic (exact) mass is 354 g/mol. The molecule has 0 unspecified atom stereocenters. The number of fused-ring (bicyclic) bond motifs is 1. The molecule has 0 saturated carbocycles. The average molecular weight is 354 g/mol. The second-order valence-corrected chi connectivity index (χ2v) is 7.46. The summed E-state index contributed by atoms with van der Waals surface area (Å²) in [5.74, 6) is 1.57. The third kappa shape index (κ3) is 3.26. The molecule has 2 aliphatic heterocycles. The molecule has 138 valence electrons. The van der Waals surface area contributed by atoms with E-state index in [1.54, 1.807) is 6.92 Å². The van der Waals surface area contributed by atoms with Gasteiger partial charge in [-0.1, -0.05) is 35.5 Å². The zero-order chi connectivity index (χ0) is 18.1. The summed E-state index contributed by atoms with van der Waals surface area (Å²) in [5.41, 5.74) is 1.33. The van der Waals surface area contributed by atoms with Crippen molar-refractivity contribution in [2.45, 2.75) is 44.7 Å². The van der Waals surface area contributed by atoms with Crippen LogP contribution in [0.2, 0.25) is 0 Å². The van der Waals surface area contributed by atoms with E-state index in [2.05, 4.69) is 45.4 Å². The van der Waals surface area contributed by atoms with E-state index in [0.29, 0.717) is 36.8 Å². The van der Waals surface area contributed by atoms with Gasteiger partial charge in [0.15, 0.2) is 5.82 Å². The normalized spacial score (nSPS) is 25.4. The molecule has 6 nitrogen and oxygen atoms in total. The van der Waals surface area contributed by atoms with Gasteiger partial charge in [-0.2, -0.15) is 4.98 Å². The van der Waals surface area contributed by atoms with E-state index in [1.165, 1.54) is 12.0 Å². The van der Waals surface area contributed by atoms with Gasteiger partial charge in [-0.25, -0.2) is 0 Å². The summed E-state index contributed by atoms with van der Waals surface area (Å²) in [7, 11) is 1.89. The van der Waals surface area contributed by atoms with Crippen LogP contribution in [0.25, 0.3) is 0 Å². The fourth-order valence-corrected chi connectivity index (χ4v) is 4.54. The largest absolute Gasteiger partial charge is 0.345 e. The van der Waals surface area contributed by atoms with Gasteiger partial charge >= 0.3 is 0 Å². The third-order valence-corrected chi connectivity index (χ3v) is 5.80. The van der Waals surface area contributed by atoms with Crippen molar-refractivity contribution in [3.05, 3.63) is 47.6 Å². The van der Waals surface area contributed by atoms with Gasteiger partial charge in [0.1, 0.15) is 0 Å². The molecule has 0 bridgehead atoms. The van der Waals surface area contributed by atoms with Gasteiger partial charge in [-0.15, -0.1) is 0 Å².